The molecular formula is C15H3AlF18O6. The first kappa shape index (κ1) is 43.9. The number of rotatable bonds is 6. The Kier molecular flexibility index (Phi) is 16.5. The van der Waals surface area contributed by atoms with E-state index >= 15 is 0 Å². The van der Waals surface area contributed by atoms with Crippen molar-refractivity contribution in [1.29, 1.82) is 0 Å². The van der Waals surface area contributed by atoms with Crippen LogP contribution >= 0.6 is 0 Å². The third kappa shape index (κ3) is 19.9. The number of halogens is 18. The van der Waals surface area contributed by atoms with Crippen molar-refractivity contribution in [2.24, 2.45) is 0 Å². The second-order valence-electron chi connectivity index (χ2n) is 5.61. The van der Waals surface area contributed by atoms with Crippen LogP contribution in [-0.4, -0.2) is 89.1 Å². The van der Waals surface area contributed by atoms with Crippen LogP contribution in [0.15, 0.2) is 0 Å². The molecule has 0 spiro atoms. The van der Waals surface area contributed by atoms with Crippen LogP contribution in [0.2, 0.25) is 0 Å². The fourth-order valence-electron chi connectivity index (χ4n) is 0.848. The van der Waals surface area contributed by atoms with Crippen LogP contribution in [0.4, 0.5) is 79.0 Å². The Bertz CT molecular complexity index is 726. The van der Waals surface area contributed by atoms with Crippen molar-refractivity contribution in [3.63, 3.8) is 0 Å². The monoisotopic (exact) mass is 648 g/mol. The first-order chi connectivity index (χ1) is 16.6. The minimum Gasteiger partial charge on any atom is -0.324 e. The van der Waals surface area contributed by atoms with E-state index in [-0.39, 0.29) is 17.4 Å². The standard InChI is InChI=1S/3C5HF6O2.Al/c3*6-4(7,8)2(12)1-3(13)5(9,10)11;/h3*1H;/q3*-1;+3. The van der Waals surface area contributed by atoms with E-state index < -0.39 is 91.0 Å². The van der Waals surface area contributed by atoms with Crippen LogP contribution < -0.4 is 0 Å². The number of Topliss-reactive ketones (excluding diaryl/α,β-unsaturated/α-hetero) is 6. The molecule has 0 saturated carbocycles. The fourth-order valence-corrected chi connectivity index (χ4v) is 0.848. The van der Waals surface area contributed by atoms with Crippen LogP contribution in [0.25, 0.3) is 0 Å². The Labute approximate surface area is 217 Å². The summed E-state index contributed by atoms with van der Waals surface area (Å²) in [7, 11) is 0. The molecule has 0 N–H and O–H groups in total. The summed E-state index contributed by atoms with van der Waals surface area (Å²) < 4.78 is 203. The zero-order valence-electron chi connectivity index (χ0n) is 17.6. The molecular weight excluding hydrogens is 645 g/mol. The van der Waals surface area contributed by atoms with Crippen LogP contribution in [0.3, 0.4) is 0 Å². The molecule has 40 heavy (non-hydrogen) atoms. The third-order valence-corrected chi connectivity index (χ3v) is 2.46. The first-order valence-corrected chi connectivity index (χ1v) is 7.86. The molecule has 0 aliphatic heterocycles. The number of hydrogen-bond donors (Lipinski definition) is 0. The summed E-state index contributed by atoms with van der Waals surface area (Å²) >= 11 is 0. The molecule has 0 radical (unpaired) electrons. The molecule has 0 atom stereocenters. The van der Waals surface area contributed by atoms with Gasteiger partial charge in [-0.2, -0.15) is 79.0 Å². The minimum absolute atomic E-state index is 0. The molecule has 0 aromatic rings. The first-order valence-electron chi connectivity index (χ1n) is 7.86. The van der Waals surface area contributed by atoms with Crippen molar-refractivity contribution in [2.45, 2.75) is 37.1 Å². The molecule has 25 heteroatoms. The molecule has 0 bridgehead atoms. The van der Waals surface area contributed by atoms with Crippen LogP contribution in [-0.2, 0) is 28.8 Å². The number of carbonyl (C=O) groups is 6. The number of alkyl halides is 18. The maximum atomic E-state index is 11.3. The zero-order chi connectivity index (χ0) is 32.6. The fraction of sp³-hybridized carbons (Fsp3) is 0.400. The van der Waals surface area contributed by atoms with Crippen LogP contribution in [0, 0.1) is 19.3 Å². The summed E-state index contributed by atoms with van der Waals surface area (Å²) in [6.07, 6.45) is -35.8. The predicted octanol–water partition coefficient (Wildman–Crippen LogP) is 3.98. The van der Waals surface area contributed by atoms with Crippen LogP contribution in [0.5, 0.6) is 0 Å². The van der Waals surface area contributed by atoms with Gasteiger partial charge in [0, 0.05) is 0 Å². The molecule has 0 aliphatic rings. The van der Waals surface area contributed by atoms with E-state index in [0.29, 0.717) is 0 Å². The van der Waals surface area contributed by atoms with Gasteiger partial charge in [-0.25, -0.2) is 19.3 Å². The average molecular weight is 648 g/mol. The summed E-state index contributed by atoms with van der Waals surface area (Å²) in [5.74, 6) is -16.9. The van der Waals surface area contributed by atoms with Crippen molar-refractivity contribution in [3.8, 4) is 0 Å². The van der Waals surface area contributed by atoms with E-state index in [1.807, 2.05) is 0 Å². The molecule has 0 rings (SSSR count). The second-order valence-corrected chi connectivity index (χ2v) is 5.61. The van der Waals surface area contributed by atoms with Gasteiger partial charge in [0.2, 0.25) is 0 Å². The number of hydrogen-bond acceptors (Lipinski definition) is 6. The molecule has 0 saturated heterocycles. The van der Waals surface area contributed by atoms with Gasteiger partial charge in [-0.1, -0.05) is 0 Å². The van der Waals surface area contributed by atoms with E-state index in [9.17, 15) is 108 Å². The minimum atomic E-state index is -5.46. The van der Waals surface area contributed by atoms with E-state index in [0.717, 1.165) is 0 Å². The third-order valence-electron chi connectivity index (χ3n) is 2.46. The summed E-state index contributed by atoms with van der Waals surface area (Å²) in [5, 5.41) is 0. The van der Waals surface area contributed by atoms with Crippen molar-refractivity contribution in [1.82, 2.24) is 0 Å². The van der Waals surface area contributed by atoms with E-state index in [1.165, 1.54) is 0 Å². The Hall–Kier alpha value is -3.10. The zero-order valence-corrected chi connectivity index (χ0v) is 18.7. The quantitative estimate of drug-likeness (QED) is 0.187. The molecule has 0 aliphatic carbocycles. The molecule has 0 aromatic heterocycles. The van der Waals surface area contributed by atoms with Crippen molar-refractivity contribution in [2.75, 3.05) is 0 Å². The maximum absolute atomic E-state index is 11.3. The molecule has 6 nitrogen and oxygen atoms in total. The molecule has 0 aromatic carbocycles. The SMILES string of the molecule is O=C([CH-]C(=O)C(F)(F)F)C(F)(F)F.O=C([CH-]C(=O)C(F)(F)F)C(F)(F)F.O=C([CH-]C(=O)C(F)(F)F)C(F)(F)F.[Al+3]. The topological polar surface area (TPSA) is 102 Å². The summed E-state index contributed by atoms with van der Waals surface area (Å²) in [6, 6.07) is 0. The van der Waals surface area contributed by atoms with Gasteiger partial charge < -0.3 is 28.8 Å². The molecule has 0 unspecified atom stereocenters. The van der Waals surface area contributed by atoms with Crippen LogP contribution in [0.1, 0.15) is 0 Å². The predicted molar refractivity (Wildman–Crippen MR) is 85.0 cm³/mol. The Morgan fingerprint density at radius 1 is 0.275 bits per heavy atom. The van der Waals surface area contributed by atoms with Gasteiger partial charge in [-0.3, -0.25) is 0 Å². The summed E-state index contributed by atoms with van der Waals surface area (Å²) in [4.78, 5) is 58.9. The molecule has 0 heterocycles. The number of ketones is 6. The van der Waals surface area contributed by atoms with Crippen molar-refractivity contribution < 1.29 is 108 Å². The molecule has 228 valence electrons. The second kappa shape index (κ2) is 15.1. The molecule has 0 fully saturated rings. The normalized spacial score (nSPS) is 12.2. The summed E-state index contributed by atoms with van der Waals surface area (Å²) in [6.45, 7) is 0. The Balaban J connectivity index is -0.000000240. The maximum Gasteiger partial charge on any atom is 3.00 e. The Morgan fingerprint density at radius 2 is 0.350 bits per heavy atom. The smallest absolute Gasteiger partial charge is 0.324 e. The average Bonchev–Trinajstić information content (AvgIpc) is 2.64. The van der Waals surface area contributed by atoms with Gasteiger partial charge in [0.15, 0.2) is 0 Å². The van der Waals surface area contributed by atoms with E-state index in [1.54, 1.807) is 0 Å². The van der Waals surface area contributed by atoms with Gasteiger partial charge >= 0.3 is 54.4 Å². The molecule has 0 amide bonds. The van der Waals surface area contributed by atoms with Gasteiger partial charge in [-0.15, -0.1) is 0 Å². The number of carbonyl (C=O) groups excluding carboxylic acids is 6. The van der Waals surface area contributed by atoms with Gasteiger partial charge in [0.25, 0.3) is 0 Å². The van der Waals surface area contributed by atoms with E-state index in [2.05, 4.69) is 0 Å². The van der Waals surface area contributed by atoms with E-state index in [4.69, 9.17) is 0 Å². The summed E-state index contributed by atoms with van der Waals surface area (Å²) in [5.41, 5.74) is 0. The van der Waals surface area contributed by atoms with Gasteiger partial charge in [0.05, 0.1) is 0 Å². The van der Waals surface area contributed by atoms with Crippen molar-refractivity contribution >= 4 is 52.1 Å². The largest absolute Gasteiger partial charge is 3.00 e. The Morgan fingerprint density at radius 3 is 0.400 bits per heavy atom. The van der Waals surface area contributed by atoms with Gasteiger partial charge in [0.1, 0.15) is 34.7 Å². The van der Waals surface area contributed by atoms with Crippen molar-refractivity contribution in [3.05, 3.63) is 19.3 Å². The van der Waals surface area contributed by atoms with Gasteiger partial charge in [-0.05, 0) is 0 Å².